The van der Waals surface area contributed by atoms with E-state index in [4.69, 9.17) is 5.11 Å². The van der Waals surface area contributed by atoms with Crippen molar-refractivity contribution in [2.75, 3.05) is 33.8 Å². The molecule has 13 heavy (non-hydrogen) atoms. The molecule has 4 nitrogen and oxygen atoms in total. The van der Waals surface area contributed by atoms with Gasteiger partial charge < -0.3 is 10.2 Å². The second-order valence-corrected chi connectivity index (χ2v) is 3.92. The van der Waals surface area contributed by atoms with Crippen molar-refractivity contribution >= 4 is 0 Å². The average molecular weight is 188 g/mol. The third-order valence-electron chi connectivity index (χ3n) is 2.70. The zero-order valence-electron chi connectivity index (χ0n) is 8.48. The summed E-state index contributed by atoms with van der Waals surface area (Å²) in [5.74, 6) is 0. The van der Waals surface area contributed by atoms with Crippen LogP contribution in [-0.4, -0.2) is 66.1 Å². The lowest BCUT2D eigenvalue weighted by Gasteiger charge is -2.28. The standard InChI is InChI=1S/C9H20N2O2/c1-10(2)9(13)6-11-5-3-4-8(11)7-12/h8-9,12-13H,3-7H2,1-2H3/t8-,9?/m0/s1. The summed E-state index contributed by atoms with van der Waals surface area (Å²) in [5.41, 5.74) is 0. The van der Waals surface area contributed by atoms with E-state index in [0.717, 1.165) is 19.4 Å². The third kappa shape index (κ3) is 2.91. The quantitative estimate of drug-likeness (QED) is 0.574. The second-order valence-electron chi connectivity index (χ2n) is 3.92. The van der Waals surface area contributed by atoms with Gasteiger partial charge in [0.05, 0.1) is 6.61 Å². The van der Waals surface area contributed by atoms with Crippen LogP contribution in [0.1, 0.15) is 12.8 Å². The summed E-state index contributed by atoms with van der Waals surface area (Å²) in [6.07, 6.45) is 1.76. The molecule has 0 amide bonds. The van der Waals surface area contributed by atoms with Crippen molar-refractivity contribution in [2.24, 2.45) is 0 Å². The Hall–Kier alpha value is -0.160. The Morgan fingerprint density at radius 2 is 2.23 bits per heavy atom. The highest BCUT2D eigenvalue weighted by Crippen LogP contribution is 2.16. The van der Waals surface area contributed by atoms with Crippen LogP contribution in [0.3, 0.4) is 0 Å². The Labute approximate surface area is 79.8 Å². The molecule has 2 N–H and O–H groups in total. The topological polar surface area (TPSA) is 46.9 Å². The van der Waals surface area contributed by atoms with Gasteiger partial charge in [0.15, 0.2) is 0 Å². The molecule has 0 aromatic carbocycles. The number of aliphatic hydroxyl groups excluding tert-OH is 2. The molecule has 1 heterocycles. The fourth-order valence-electron chi connectivity index (χ4n) is 1.72. The van der Waals surface area contributed by atoms with E-state index in [1.54, 1.807) is 4.90 Å². The molecule has 0 aromatic heterocycles. The van der Waals surface area contributed by atoms with Crippen LogP contribution in [0.5, 0.6) is 0 Å². The van der Waals surface area contributed by atoms with Gasteiger partial charge in [-0.2, -0.15) is 0 Å². The van der Waals surface area contributed by atoms with Crippen LogP contribution in [-0.2, 0) is 0 Å². The molecule has 1 aliphatic heterocycles. The highest BCUT2D eigenvalue weighted by Gasteiger charge is 2.25. The monoisotopic (exact) mass is 188 g/mol. The predicted octanol–water partition coefficient (Wildman–Crippen LogP) is -0.677. The minimum atomic E-state index is -0.424. The van der Waals surface area contributed by atoms with Gasteiger partial charge in [-0.05, 0) is 33.5 Å². The van der Waals surface area contributed by atoms with E-state index < -0.39 is 6.23 Å². The number of rotatable bonds is 4. The molecule has 0 aromatic rings. The lowest BCUT2D eigenvalue weighted by atomic mass is 10.2. The first-order valence-corrected chi connectivity index (χ1v) is 4.84. The predicted molar refractivity (Wildman–Crippen MR) is 51.4 cm³/mol. The van der Waals surface area contributed by atoms with Crippen molar-refractivity contribution in [3.8, 4) is 0 Å². The largest absolute Gasteiger partial charge is 0.395 e. The third-order valence-corrected chi connectivity index (χ3v) is 2.70. The Bertz CT molecular complexity index is 153. The van der Waals surface area contributed by atoms with Crippen molar-refractivity contribution in [3.05, 3.63) is 0 Å². The summed E-state index contributed by atoms with van der Waals surface area (Å²) in [4.78, 5) is 3.94. The Balaban J connectivity index is 2.34. The first kappa shape index (κ1) is 10.9. The molecule has 0 radical (unpaired) electrons. The van der Waals surface area contributed by atoms with Gasteiger partial charge in [-0.25, -0.2) is 0 Å². The van der Waals surface area contributed by atoms with Gasteiger partial charge >= 0.3 is 0 Å². The van der Waals surface area contributed by atoms with Gasteiger partial charge in [0.1, 0.15) is 6.23 Å². The number of aliphatic hydroxyl groups is 2. The Kier molecular flexibility index (Phi) is 4.12. The van der Waals surface area contributed by atoms with Crippen molar-refractivity contribution < 1.29 is 10.2 Å². The zero-order valence-corrected chi connectivity index (χ0v) is 8.48. The average Bonchev–Trinajstić information content (AvgIpc) is 2.51. The molecule has 0 aliphatic carbocycles. The molecule has 0 saturated carbocycles. The van der Waals surface area contributed by atoms with Crippen LogP contribution < -0.4 is 0 Å². The molecule has 0 spiro atoms. The molecular formula is C9H20N2O2. The lowest BCUT2D eigenvalue weighted by Crippen LogP contribution is -2.43. The molecule has 1 aliphatic rings. The van der Waals surface area contributed by atoms with E-state index in [0.29, 0.717) is 6.54 Å². The van der Waals surface area contributed by atoms with Gasteiger partial charge in [-0.3, -0.25) is 9.80 Å². The van der Waals surface area contributed by atoms with Gasteiger partial charge in [-0.1, -0.05) is 0 Å². The van der Waals surface area contributed by atoms with E-state index in [1.165, 1.54) is 0 Å². The highest BCUT2D eigenvalue weighted by molar-refractivity contribution is 4.79. The minimum absolute atomic E-state index is 0.208. The van der Waals surface area contributed by atoms with E-state index in [1.807, 2.05) is 14.1 Å². The number of likely N-dealkylation sites (N-methyl/N-ethyl adjacent to an activating group) is 1. The van der Waals surface area contributed by atoms with E-state index >= 15 is 0 Å². The first-order valence-electron chi connectivity index (χ1n) is 4.84. The summed E-state index contributed by atoms with van der Waals surface area (Å²) in [5, 5.41) is 18.7. The maximum Gasteiger partial charge on any atom is 0.119 e. The summed E-state index contributed by atoms with van der Waals surface area (Å²) in [6, 6.07) is 0.259. The van der Waals surface area contributed by atoms with Crippen LogP contribution in [0.25, 0.3) is 0 Å². The Morgan fingerprint density at radius 3 is 2.77 bits per heavy atom. The van der Waals surface area contributed by atoms with E-state index in [9.17, 15) is 5.11 Å². The van der Waals surface area contributed by atoms with E-state index in [-0.39, 0.29) is 12.6 Å². The van der Waals surface area contributed by atoms with Crippen LogP contribution in [0.4, 0.5) is 0 Å². The summed E-state index contributed by atoms with van der Waals surface area (Å²) >= 11 is 0. The van der Waals surface area contributed by atoms with Crippen LogP contribution in [0.15, 0.2) is 0 Å². The fraction of sp³-hybridized carbons (Fsp3) is 1.00. The molecule has 78 valence electrons. The second kappa shape index (κ2) is 4.91. The SMILES string of the molecule is CN(C)C(O)CN1CCC[C@H]1CO. The van der Waals surface area contributed by atoms with E-state index in [2.05, 4.69) is 4.90 Å². The number of likely N-dealkylation sites (tertiary alicyclic amines) is 1. The minimum Gasteiger partial charge on any atom is -0.395 e. The van der Waals surface area contributed by atoms with Crippen LogP contribution in [0.2, 0.25) is 0 Å². The number of hydrogen-bond donors (Lipinski definition) is 2. The number of β-amino-alcohol motifs (C(OH)–C–C–N with tert-alkyl or cyclic N) is 1. The molecule has 2 atom stereocenters. The molecule has 0 bridgehead atoms. The van der Waals surface area contributed by atoms with Crippen molar-refractivity contribution in [1.29, 1.82) is 0 Å². The smallest absolute Gasteiger partial charge is 0.119 e. The molecule has 4 heteroatoms. The van der Waals surface area contributed by atoms with Gasteiger partial charge in [0.2, 0.25) is 0 Å². The van der Waals surface area contributed by atoms with Crippen LogP contribution in [0, 0.1) is 0 Å². The normalized spacial score (nSPS) is 27.0. The maximum atomic E-state index is 9.60. The van der Waals surface area contributed by atoms with Gasteiger partial charge in [0, 0.05) is 12.6 Å². The summed E-state index contributed by atoms with van der Waals surface area (Å²) in [6.45, 7) is 1.84. The number of hydrogen-bond acceptors (Lipinski definition) is 4. The first-order chi connectivity index (χ1) is 6.15. The van der Waals surface area contributed by atoms with Crippen molar-refractivity contribution in [1.82, 2.24) is 9.80 Å². The number of nitrogens with zero attached hydrogens (tertiary/aromatic N) is 2. The van der Waals surface area contributed by atoms with Crippen molar-refractivity contribution in [2.45, 2.75) is 25.1 Å². The summed E-state index contributed by atoms with van der Waals surface area (Å²) in [7, 11) is 3.71. The van der Waals surface area contributed by atoms with Crippen LogP contribution >= 0.6 is 0 Å². The van der Waals surface area contributed by atoms with Gasteiger partial charge in [-0.15, -0.1) is 0 Å². The highest BCUT2D eigenvalue weighted by atomic mass is 16.3. The molecule has 1 rings (SSSR count). The van der Waals surface area contributed by atoms with Crippen molar-refractivity contribution in [3.63, 3.8) is 0 Å². The van der Waals surface area contributed by atoms with Gasteiger partial charge in [0.25, 0.3) is 0 Å². The summed E-state index contributed by atoms with van der Waals surface area (Å²) < 4.78 is 0. The maximum absolute atomic E-state index is 9.60. The molecule has 1 saturated heterocycles. The molecule has 1 fully saturated rings. The Morgan fingerprint density at radius 1 is 1.54 bits per heavy atom. The molecule has 1 unspecified atom stereocenters. The lowest BCUT2D eigenvalue weighted by molar-refractivity contribution is 0.0000985. The molecular weight excluding hydrogens is 168 g/mol. The fourth-order valence-corrected chi connectivity index (χ4v) is 1.72. The zero-order chi connectivity index (χ0) is 9.84.